The summed E-state index contributed by atoms with van der Waals surface area (Å²) < 4.78 is 5.27. The van der Waals surface area contributed by atoms with E-state index in [4.69, 9.17) is 4.74 Å². The van der Waals surface area contributed by atoms with Crippen molar-refractivity contribution >= 4 is 17.2 Å². The van der Waals surface area contributed by atoms with Crippen LogP contribution in [0.4, 0.5) is 5.82 Å². The van der Waals surface area contributed by atoms with Crippen molar-refractivity contribution in [3.8, 4) is 5.88 Å². The normalized spacial score (nSPS) is 17.7. The van der Waals surface area contributed by atoms with Crippen molar-refractivity contribution in [1.82, 2.24) is 9.97 Å². The second-order valence-corrected chi connectivity index (χ2v) is 6.15. The molecular weight excluding hydrogens is 286 g/mol. The lowest BCUT2D eigenvalue weighted by Crippen LogP contribution is -2.36. The van der Waals surface area contributed by atoms with E-state index in [0.29, 0.717) is 11.8 Å². The van der Waals surface area contributed by atoms with Gasteiger partial charge in [-0.3, -0.25) is 0 Å². The second kappa shape index (κ2) is 6.41. The SMILES string of the molecule is COc1nccnc1N1CCC(C(O)c2cccs2)CC1. The molecule has 0 spiro atoms. The van der Waals surface area contributed by atoms with Gasteiger partial charge in [0.1, 0.15) is 0 Å². The minimum absolute atomic E-state index is 0.308. The summed E-state index contributed by atoms with van der Waals surface area (Å²) in [6, 6.07) is 4.00. The molecule has 2 aromatic heterocycles. The fraction of sp³-hybridized carbons (Fsp3) is 0.467. The quantitative estimate of drug-likeness (QED) is 0.940. The van der Waals surface area contributed by atoms with E-state index in [1.165, 1.54) is 0 Å². The number of nitrogens with zero attached hydrogens (tertiary/aromatic N) is 3. The minimum atomic E-state index is -0.351. The number of ether oxygens (including phenoxy) is 1. The molecule has 1 fully saturated rings. The van der Waals surface area contributed by atoms with E-state index < -0.39 is 0 Å². The number of aliphatic hydroxyl groups excluding tert-OH is 1. The predicted molar refractivity (Wildman–Crippen MR) is 82.8 cm³/mol. The highest BCUT2D eigenvalue weighted by atomic mass is 32.1. The average Bonchev–Trinajstić information content (AvgIpc) is 3.09. The maximum absolute atomic E-state index is 10.4. The minimum Gasteiger partial charge on any atom is -0.478 e. The Morgan fingerprint density at radius 3 is 2.76 bits per heavy atom. The fourth-order valence-corrected chi connectivity index (χ4v) is 3.60. The van der Waals surface area contributed by atoms with Gasteiger partial charge in [-0.1, -0.05) is 6.07 Å². The van der Waals surface area contributed by atoms with E-state index in [0.717, 1.165) is 36.6 Å². The van der Waals surface area contributed by atoms with Crippen molar-refractivity contribution in [3.05, 3.63) is 34.8 Å². The van der Waals surface area contributed by atoms with E-state index in [1.807, 2.05) is 17.5 Å². The molecule has 0 aliphatic carbocycles. The van der Waals surface area contributed by atoms with Crippen LogP contribution in [0, 0.1) is 5.92 Å². The van der Waals surface area contributed by atoms with Gasteiger partial charge in [0.15, 0.2) is 5.82 Å². The molecule has 1 aliphatic heterocycles. The first kappa shape index (κ1) is 14.3. The highest BCUT2D eigenvalue weighted by Crippen LogP contribution is 2.35. The maximum atomic E-state index is 10.4. The zero-order valence-electron chi connectivity index (χ0n) is 12.0. The van der Waals surface area contributed by atoms with Crippen LogP contribution in [0.5, 0.6) is 5.88 Å². The third-order valence-corrected chi connectivity index (χ3v) is 4.90. The van der Waals surface area contributed by atoms with Crippen molar-refractivity contribution < 1.29 is 9.84 Å². The lowest BCUT2D eigenvalue weighted by Gasteiger charge is -2.34. The zero-order chi connectivity index (χ0) is 14.7. The van der Waals surface area contributed by atoms with Crippen molar-refractivity contribution in [2.75, 3.05) is 25.1 Å². The van der Waals surface area contributed by atoms with Gasteiger partial charge in [-0.25, -0.2) is 9.97 Å². The number of rotatable bonds is 4. The van der Waals surface area contributed by atoms with Crippen molar-refractivity contribution in [2.45, 2.75) is 18.9 Å². The summed E-state index contributed by atoms with van der Waals surface area (Å²) in [5, 5.41) is 12.4. The number of thiophene rings is 1. The summed E-state index contributed by atoms with van der Waals surface area (Å²) in [7, 11) is 1.61. The molecule has 0 aromatic carbocycles. The Hall–Kier alpha value is -1.66. The Balaban J connectivity index is 1.65. The van der Waals surface area contributed by atoms with Gasteiger partial charge < -0.3 is 14.7 Å². The third-order valence-electron chi connectivity index (χ3n) is 3.96. The summed E-state index contributed by atoms with van der Waals surface area (Å²) in [5.41, 5.74) is 0. The van der Waals surface area contributed by atoms with E-state index in [1.54, 1.807) is 30.8 Å². The van der Waals surface area contributed by atoms with Crippen molar-refractivity contribution in [1.29, 1.82) is 0 Å². The van der Waals surface area contributed by atoms with Gasteiger partial charge in [0.2, 0.25) is 0 Å². The Labute approximate surface area is 128 Å². The van der Waals surface area contributed by atoms with Crippen LogP contribution >= 0.6 is 11.3 Å². The largest absolute Gasteiger partial charge is 0.478 e. The fourth-order valence-electron chi connectivity index (χ4n) is 2.80. The Morgan fingerprint density at radius 2 is 2.10 bits per heavy atom. The molecule has 3 rings (SSSR count). The Morgan fingerprint density at radius 1 is 1.33 bits per heavy atom. The topological polar surface area (TPSA) is 58.5 Å². The van der Waals surface area contributed by atoms with Crippen LogP contribution in [0.1, 0.15) is 23.8 Å². The first-order valence-corrected chi connectivity index (χ1v) is 7.99. The molecule has 6 heteroatoms. The number of aromatic nitrogens is 2. The molecule has 112 valence electrons. The van der Waals surface area contributed by atoms with E-state index in [2.05, 4.69) is 14.9 Å². The summed E-state index contributed by atoms with van der Waals surface area (Å²) in [5.74, 6) is 1.67. The predicted octanol–water partition coefficient (Wildman–Crippen LogP) is 2.50. The van der Waals surface area contributed by atoms with Gasteiger partial charge in [0.05, 0.1) is 13.2 Å². The summed E-state index contributed by atoms with van der Waals surface area (Å²) in [6.07, 6.45) is 4.85. The molecule has 0 radical (unpaired) electrons. The van der Waals surface area contributed by atoms with Gasteiger partial charge in [-0.05, 0) is 30.2 Å². The number of methoxy groups -OCH3 is 1. The van der Waals surface area contributed by atoms with Crippen LogP contribution in [-0.2, 0) is 0 Å². The van der Waals surface area contributed by atoms with Gasteiger partial charge in [0, 0.05) is 30.4 Å². The van der Waals surface area contributed by atoms with Crippen LogP contribution in [0.25, 0.3) is 0 Å². The summed E-state index contributed by atoms with van der Waals surface area (Å²) >= 11 is 1.62. The third kappa shape index (κ3) is 3.01. The highest BCUT2D eigenvalue weighted by Gasteiger charge is 2.28. The molecule has 1 saturated heterocycles. The molecule has 2 aromatic rings. The van der Waals surface area contributed by atoms with Crippen molar-refractivity contribution in [2.24, 2.45) is 5.92 Å². The molecule has 1 atom stereocenters. The molecule has 3 heterocycles. The number of aliphatic hydroxyl groups is 1. The van der Waals surface area contributed by atoms with E-state index in [9.17, 15) is 5.11 Å². The van der Waals surface area contributed by atoms with Crippen LogP contribution in [0.2, 0.25) is 0 Å². The lowest BCUT2D eigenvalue weighted by molar-refractivity contribution is 0.0960. The van der Waals surface area contributed by atoms with Gasteiger partial charge in [0.25, 0.3) is 5.88 Å². The van der Waals surface area contributed by atoms with E-state index in [-0.39, 0.29) is 6.10 Å². The Bertz CT molecular complexity index is 568. The smallest absolute Gasteiger partial charge is 0.257 e. The summed E-state index contributed by atoms with van der Waals surface area (Å²) in [4.78, 5) is 11.8. The maximum Gasteiger partial charge on any atom is 0.257 e. The zero-order valence-corrected chi connectivity index (χ0v) is 12.8. The van der Waals surface area contributed by atoms with Crippen LogP contribution in [-0.4, -0.2) is 35.3 Å². The lowest BCUT2D eigenvalue weighted by atomic mass is 9.90. The summed E-state index contributed by atoms with van der Waals surface area (Å²) in [6.45, 7) is 1.73. The molecule has 1 unspecified atom stereocenters. The van der Waals surface area contributed by atoms with E-state index >= 15 is 0 Å². The number of hydrogen-bond donors (Lipinski definition) is 1. The van der Waals surface area contributed by atoms with Crippen LogP contribution < -0.4 is 9.64 Å². The van der Waals surface area contributed by atoms with Gasteiger partial charge in [-0.2, -0.15) is 0 Å². The van der Waals surface area contributed by atoms with Gasteiger partial charge >= 0.3 is 0 Å². The standard InChI is InChI=1S/C15H19N3O2S/c1-20-15-14(16-6-7-17-15)18-8-4-11(5-9-18)13(19)12-3-2-10-21-12/h2-3,6-7,10-11,13,19H,4-5,8-9H2,1H3. The first-order valence-electron chi connectivity index (χ1n) is 7.11. The number of hydrogen-bond acceptors (Lipinski definition) is 6. The van der Waals surface area contributed by atoms with Crippen molar-refractivity contribution in [3.63, 3.8) is 0 Å². The number of piperidine rings is 1. The first-order chi connectivity index (χ1) is 10.3. The highest BCUT2D eigenvalue weighted by molar-refractivity contribution is 7.10. The Kier molecular flexibility index (Phi) is 4.36. The van der Waals surface area contributed by atoms with Gasteiger partial charge in [-0.15, -0.1) is 11.3 Å². The molecule has 0 bridgehead atoms. The molecule has 1 aliphatic rings. The molecule has 5 nitrogen and oxygen atoms in total. The molecule has 0 saturated carbocycles. The van der Waals surface area contributed by atoms with Crippen LogP contribution in [0.15, 0.2) is 29.9 Å². The number of anilines is 1. The molecule has 21 heavy (non-hydrogen) atoms. The van der Waals surface area contributed by atoms with Crippen LogP contribution in [0.3, 0.4) is 0 Å². The molecular formula is C15H19N3O2S. The molecule has 0 amide bonds. The second-order valence-electron chi connectivity index (χ2n) is 5.17. The molecule has 1 N–H and O–H groups in total. The average molecular weight is 305 g/mol. The monoisotopic (exact) mass is 305 g/mol.